The number of nitrogens with one attached hydrogen (secondary N) is 1. The molecule has 1 aliphatic carbocycles. The minimum atomic E-state index is -0.544. The number of aryl methyl sites for hydroxylation is 1. The number of carbonyl (C=O) groups is 2. The fraction of sp³-hybridized carbons (Fsp3) is 0.333. The van der Waals surface area contributed by atoms with Crippen LogP contribution in [0.3, 0.4) is 0 Å². The standard InChI is InChI=1S/C21H23N7O2S/c1-11-12(2)18(19(22)30)21(23-13(11)3)31-10-17(29)24-15-6-4-5-14(9-15)20-25-26-27-28(20)16-7-8-16/h4-6,9,16H,7-8,10H2,1-3H3,(H2,22,30)(H,24,29). The molecule has 0 spiro atoms. The van der Waals surface area contributed by atoms with Crippen LogP contribution in [0.4, 0.5) is 5.69 Å². The number of pyridine rings is 1. The smallest absolute Gasteiger partial charge is 0.251 e. The van der Waals surface area contributed by atoms with Crippen molar-refractivity contribution in [2.75, 3.05) is 11.1 Å². The fourth-order valence-corrected chi connectivity index (χ4v) is 4.26. The van der Waals surface area contributed by atoms with Gasteiger partial charge in [-0.15, -0.1) is 5.10 Å². The summed E-state index contributed by atoms with van der Waals surface area (Å²) in [6.07, 6.45) is 2.15. The summed E-state index contributed by atoms with van der Waals surface area (Å²) in [7, 11) is 0. The van der Waals surface area contributed by atoms with Gasteiger partial charge in [0.05, 0.1) is 17.4 Å². The number of benzene rings is 1. The number of tetrazole rings is 1. The molecule has 31 heavy (non-hydrogen) atoms. The molecule has 2 heterocycles. The first kappa shape index (κ1) is 21.0. The van der Waals surface area contributed by atoms with Crippen molar-refractivity contribution in [3.63, 3.8) is 0 Å². The predicted molar refractivity (Wildman–Crippen MR) is 118 cm³/mol. The number of aromatic nitrogens is 5. The van der Waals surface area contributed by atoms with E-state index in [1.165, 1.54) is 11.8 Å². The average molecular weight is 438 g/mol. The molecule has 3 N–H and O–H groups in total. The highest BCUT2D eigenvalue weighted by molar-refractivity contribution is 8.00. The second kappa shape index (κ2) is 8.46. The summed E-state index contributed by atoms with van der Waals surface area (Å²) < 4.78 is 1.83. The van der Waals surface area contributed by atoms with Crippen molar-refractivity contribution < 1.29 is 9.59 Å². The minimum Gasteiger partial charge on any atom is -0.366 e. The van der Waals surface area contributed by atoms with Crippen molar-refractivity contribution in [1.82, 2.24) is 25.2 Å². The third-order valence-electron chi connectivity index (χ3n) is 5.34. The number of amides is 2. The van der Waals surface area contributed by atoms with E-state index < -0.39 is 5.91 Å². The van der Waals surface area contributed by atoms with Crippen LogP contribution in [-0.4, -0.2) is 42.8 Å². The van der Waals surface area contributed by atoms with Gasteiger partial charge in [-0.05, 0) is 67.3 Å². The van der Waals surface area contributed by atoms with Gasteiger partial charge < -0.3 is 11.1 Å². The van der Waals surface area contributed by atoms with E-state index in [0.29, 0.717) is 28.1 Å². The Labute approximate surface area is 183 Å². The van der Waals surface area contributed by atoms with Crippen molar-refractivity contribution in [2.45, 2.75) is 44.7 Å². The Hall–Kier alpha value is -3.27. The molecular weight excluding hydrogens is 414 g/mol. The van der Waals surface area contributed by atoms with Crippen LogP contribution >= 0.6 is 11.8 Å². The average Bonchev–Trinajstić information content (AvgIpc) is 3.46. The lowest BCUT2D eigenvalue weighted by molar-refractivity contribution is -0.113. The SMILES string of the molecule is Cc1nc(SCC(=O)Nc2cccc(-c3nnnn3C3CC3)c2)c(C(N)=O)c(C)c1C. The fourth-order valence-electron chi connectivity index (χ4n) is 3.32. The Morgan fingerprint density at radius 2 is 2.00 bits per heavy atom. The molecule has 2 aromatic heterocycles. The van der Waals surface area contributed by atoms with E-state index in [4.69, 9.17) is 5.73 Å². The molecule has 0 atom stereocenters. The second-order valence-corrected chi connectivity index (χ2v) is 8.55. The van der Waals surface area contributed by atoms with Crippen LogP contribution in [0.1, 0.15) is 46.1 Å². The molecule has 0 radical (unpaired) electrons. The molecule has 0 aliphatic heterocycles. The molecule has 1 fully saturated rings. The van der Waals surface area contributed by atoms with E-state index >= 15 is 0 Å². The number of thioether (sulfide) groups is 1. The first-order valence-corrected chi connectivity index (χ1v) is 10.9. The zero-order chi connectivity index (χ0) is 22.1. The Morgan fingerprint density at radius 3 is 2.71 bits per heavy atom. The molecule has 0 bridgehead atoms. The van der Waals surface area contributed by atoms with Gasteiger partial charge in [-0.25, -0.2) is 9.67 Å². The van der Waals surface area contributed by atoms with Gasteiger partial charge in [-0.2, -0.15) is 0 Å². The van der Waals surface area contributed by atoms with Crippen LogP contribution in [0.25, 0.3) is 11.4 Å². The first-order chi connectivity index (χ1) is 14.8. The molecule has 0 unspecified atom stereocenters. The summed E-state index contributed by atoms with van der Waals surface area (Å²) in [4.78, 5) is 29.0. The van der Waals surface area contributed by atoms with Gasteiger partial charge in [-0.3, -0.25) is 9.59 Å². The Morgan fingerprint density at radius 1 is 1.23 bits per heavy atom. The molecule has 0 saturated heterocycles. The van der Waals surface area contributed by atoms with Gasteiger partial charge in [0.1, 0.15) is 5.03 Å². The topological polar surface area (TPSA) is 129 Å². The van der Waals surface area contributed by atoms with Gasteiger partial charge in [0.15, 0.2) is 5.82 Å². The quantitative estimate of drug-likeness (QED) is 0.544. The summed E-state index contributed by atoms with van der Waals surface area (Å²) in [6, 6.07) is 7.78. The third kappa shape index (κ3) is 4.43. The van der Waals surface area contributed by atoms with Crippen molar-refractivity contribution in [2.24, 2.45) is 5.73 Å². The van der Waals surface area contributed by atoms with Crippen LogP contribution in [0.5, 0.6) is 0 Å². The molecule has 9 nitrogen and oxygen atoms in total. The summed E-state index contributed by atoms with van der Waals surface area (Å²) in [6.45, 7) is 5.62. The zero-order valence-corrected chi connectivity index (χ0v) is 18.4. The van der Waals surface area contributed by atoms with Gasteiger partial charge in [0.25, 0.3) is 5.91 Å². The minimum absolute atomic E-state index is 0.0965. The van der Waals surface area contributed by atoms with Gasteiger partial charge >= 0.3 is 0 Å². The number of anilines is 1. The van der Waals surface area contributed by atoms with E-state index in [2.05, 4.69) is 25.8 Å². The van der Waals surface area contributed by atoms with Crippen LogP contribution in [0.2, 0.25) is 0 Å². The van der Waals surface area contributed by atoms with Crippen molar-refractivity contribution >= 4 is 29.3 Å². The maximum atomic E-state index is 12.6. The Bertz CT molecular complexity index is 1170. The highest BCUT2D eigenvalue weighted by atomic mass is 32.2. The summed E-state index contributed by atoms with van der Waals surface area (Å²) in [5, 5.41) is 15.3. The van der Waals surface area contributed by atoms with Gasteiger partial charge in [0, 0.05) is 16.9 Å². The number of nitrogens with zero attached hydrogens (tertiary/aromatic N) is 5. The summed E-state index contributed by atoms with van der Waals surface area (Å²) in [5.41, 5.74) is 9.94. The van der Waals surface area contributed by atoms with Gasteiger partial charge in [-0.1, -0.05) is 23.9 Å². The van der Waals surface area contributed by atoms with Crippen LogP contribution in [0.15, 0.2) is 29.3 Å². The molecular formula is C21H23N7O2S. The molecule has 2 amide bonds. The molecule has 4 rings (SSSR count). The molecule has 1 aromatic carbocycles. The molecule has 1 aliphatic rings. The van der Waals surface area contributed by atoms with Crippen LogP contribution in [-0.2, 0) is 4.79 Å². The van der Waals surface area contributed by atoms with E-state index in [9.17, 15) is 9.59 Å². The summed E-state index contributed by atoms with van der Waals surface area (Å²) in [5.74, 6) is 0.0298. The maximum absolute atomic E-state index is 12.6. The van der Waals surface area contributed by atoms with E-state index in [1.54, 1.807) is 0 Å². The molecule has 1 saturated carbocycles. The zero-order valence-electron chi connectivity index (χ0n) is 17.5. The Balaban J connectivity index is 1.47. The highest BCUT2D eigenvalue weighted by Gasteiger charge is 2.28. The number of nitrogens with two attached hydrogens (primary N) is 1. The lowest BCUT2D eigenvalue weighted by Gasteiger charge is -2.13. The maximum Gasteiger partial charge on any atom is 0.251 e. The number of primary amides is 1. The Kier molecular flexibility index (Phi) is 5.73. The normalized spacial score (nSPS) is 13.3. The van der Waals surface area contributed by atoms with Crippen molar-refractivity contribution in [3.05, 3.63) is 46.6 Å². The highest BCUT2D eigenvalue weighted by Crippen LogP contribution is 2.36. The van der Waals surface area contributed by atoms with Crippen molar-refractivity contribution in [1.29, 1.82) is 0 Å². The van der Waals surface area contributed by atoms with Crippen LogP contribution in [0, 0.1) is 20.8 Å². The number of rotatable bonds is 7. The molecule has 160 valence electrons. The molecule has 3 aromatic rings. The lowest BCUT2D eigenvalue weighted by atomic mass is 10.0. The predicted octanol–water partition coefficient (Wildman–Crippen LogP) is 2.82. The molecule has 10 heteroatoms. The van der Waals surface area contributed by atoms with Gasteiger partial charge in [0.2, 0.25) is 5.91 Å². The monoisotopic (exact) mass is 437 g/mol. The first-order valence-electron chi connectivity index (χ1n) is 9.93. The third-order valence-corrected chi connectivity index (χ3v) is 6.32. The number of carbonyl (C=O) groups excluding carboxylic acids is 2. The summed E-state index contributed by atoms with van der Waals surface area (Å²) >= 11 is 1.20. The number of hydrogen-bond donors (Lipinski definition) is 2. The van der Waals surface area contributed by atoms with E-state index in [-0.39, 0.29) is 11.7 Å². The van der Waals surface area contributed by atoms with E-state index in [1.807, 2.05) is 49.7 Å². The van der Waals surface area contributed by atoms with Crippen molar-refractivity contribution in [3.8, 4) is 11.4 Å². The van der Waals surface area contributed by atoms with E-state index in [0.717, 1.165) is 35.2 Å². The van der Waals surface area contributed by atoms with Crippen LogP contribution < -0.4 is 11.1 Å². The number of hydrogen-bond acceptors (Lipinski definition) is 7. The second-order valence-electron chi connectivity index (χ2n) is 7.59. The largest absolute Gasteiger partial charge is 0.366 e. The lowest BCUT2D eigenvalue weighted by Crippen LogP contribution is -2.18.